The van der Waals surface area contributed by atoms with E-state index in [2.05, 4.69) is 60.9 Å². The van der Waals surface area contributed by atoms with Gasteiger partial charge in [-0.3, -0.25) is 4.90 Å². The zero-order chi connectivity index (χ0) is 13.7. The van der Waals surface area contributed by atoms with Crippen LogP contribution < -0.4 is 4.90 Å². The maximum Gasteiger partial charge on any atom is 0.0367 e. The molecule has 1 aliphatic rings. The Morgan fingerprint density at radius 3 is 2.16 bits per heavy atom. The normalized spacial score (nSPS) is 17.7. The molecule has 2 nitrogen and oxygen atoms in total. The van der Waals surface area contributed by atoms with E-state index in [0.717, 1.165) is 0 Å². The molecule has 0 aliphatic carbocycles. The van der Waals surface area contributed by atoms with Crippen LogP contribution in [0.2, 0.25) is 0 Å². The van der Waals surface area contributed by atoms with Gasteiger partial charge in [0.2, 0.25) is 0 Å². The minimum atomic E-state index is 0.478. The second kappa shape index (κ2) is 6.42. The Labute approximate surface area is 118 Å². The summed E-state index contributed by atoms with van der Waals surface area (Å²) in [5.74, 6) is 0. The van der Waals surface area contributed by atoms with E-state index in [1.54, 1.807) is 0 Å². The van der Waals surface area contributed by atoms with Gasteiger partial charge in [0.1, 0.15) is 0 Å². The first-order chi connectivity index (χ1) is 9.04. The molecule has 0 bridgehead atoms. The van der Waals surface area contributed by atoms with Gasteiger partial charge in [0.05, 0.1) is 0 Å². The lowest BCUT2D eigenvalue weighted by Gasteiger charge is -2.36. The molecule has 0 saturated carbocycles. The lowest BCUT2D eigenvalue weighted by atomic mass is 9.90. The highest BCUT2D eigenvalue weighted by Gasteiger charge is 2.17. The first-order valence-electron chi connectivity index (χ1n) is 7.57. The summed E-state index contributed by atoms with van der Waals surface area (Å²) in [6.45, 7) is 13.0. The van der Waals surface area contributed by atoms with Crippen LogP contribution >= 0.6 is 0 Å². The summed E-state index contributed by atoms with van der Waals surface area (Å²) >= 11 is 0. The van der Waals surface area contributed by atoms with Gasteiger partial charge in [-0.1, -0.05) is 39.0 Å². The second-order valence-corrected chi connectivity index (χ2v) is 6.83. The smallest absolute Gasteiger partial charge is 0.0367 e. The molecule has 1 aliphatic heterocycles. The zero-order valence-electron chi connectivity index (χ0n) is 12.7. The van der Waals surface area contributed by atoms with Crippen molar-refractivity contribution >= 4 is 5.69 Å². The van der Waals surface area contributed by atoms with E-state index < -0.39 is 0 Å². The molecule has 19 heavy (non-hydrogen) atoms. The van der Waals surface area contributed by atoms with Crippen LogP contribution in [0, 0.1) is 5.41 Å². The van der Waals surface area contributed by atoms with Crippen molar-refractivity contribution in [1.29, 1.82) is 0 Å². The van der Waals surface area contributed by atoms with Crippen molar-refractivity contribution in [2.45, 2.75) is 33.6 Å². The molecule has 1 fully saturated rings. The maximum absolute atomic E-state index is 2.62. The van der Waals surface area contributed by atoms with Crippen molar-refractivity contribution in [3.63, 3.8) is 0 Å². The Hall–Kier alpha value is -1.02. The molecule has 1 aromatic carbocycles. The third-order valence-corrected chi connectivity index (χ3v) is 3.89. The predicted octanol–water partition coefficient (Wildman–Crippen LogP) is 3.63. The number of nitrogens with zero attached hydrogens (tertiary/aromatic N) is 2. The van der Waals surface area contributed by atoms with Crippen LogP contribution in [0.3, 0.4) is 0 Å². The number of anilines is 1. The lowest BCUT2D eigenvalue weighted by molar-refractivity contribution is 0.236. The van der Waals surface area contributed by atoms with Crippen LogP contribution in [-0.2, 0) is 0 Å². The van der Waals surface area contributed by atoms with Crippen molar-refractivity contribution < 1.29 is 0 Å². The molecule has 0 amide bonds. The van der Waals surface area contributed by atoms with Crippen LogP contribution in [0.1, 0.15) is 33.6 Å². The number of hydrogen-bond donors (Lipinski definition) is 0. The van der Waals surface area contributed by atoms with Gasteiger partial charge >= 0.3 is 0 Å². The van der Waals surface area contributed by atoms with Gasteiger partial charge in [-0.05, 0) is 36.9 Å². The quantitative estimate of drug-likeness (QED) is 0.815. The van der Waals surface area contributed by atoms with Crippen LogP contribution in [0.4, 0.5) is 5.69 Å². The van der Waals surface area contributed by atoms with Gasteiger partial charge in [-0.15, -0.1) is 0 Å². The molecule has 0 spiro atoms. The van der Waals surface area contributed by atoms with Crippen molar-refractivity contribution in [2.24, 2.45) is 5.41 Å². The summed E-state index contributed by atoms with van der Waals surface area (Å²) in [5, 5.41) is 0. The molecule has 1 saturated heterocycles. The Balaban J connectivity index is 1.71. The molecule has 106 valence electrons. The average molecular weight is 260 g/mol. The van der Waals surface area contributed by atoms with Gasteiger partial charge < -0.3 is 4.90 Å². The molecule has 0 N–H and O–H groups in total. The summed E-state index contributed by atoms with van der Waals surface area (Å²) in [5.41, 5.74) is 1.85. The highest BCUT2D eigenvalue weighted by molar-refractivity contribution is 5.46. The molecular formula is C17H28N2. The summed E-state index contributed by atoms with van der Waals surface area (Å²) in [7, 11) is 0. The van der Waals surface area contributed by atoms with E-state index in [9.17, 15) is 0 Å². The van der Waals surface area contributed by atoms with Crippen molar-refractivity contribution in [3.8, 4) is 0 Å². The lowest BCUT2D eigenvalue weighted by Crippen LogP contribution is -2.46. The predicted molar refractivity (Wildman–Crippen MR) is 83.8 cm³/mol. The topological polar surface area (TPSA) is 6.48 Å². The van der Waals surface area contributed by atoms with E-state index in [0.29, 0.717) is 5.41 Å². The highest BCUT2D eigenvalue weighted by atomic mass is 15.3. The molecule has 2 rings (SSSR count). The summed E-state index contributed by atoms with van der Waals surface area (Å²) in [4.78, 5) is 5.12. The zero-order valence-corrected chi connectivity index (χ0v) is 12.7. The Kier molecular flexibility index (Phi) is 4.87. The monoisotopic (exact) mass is 260 g/mol. The number of rotatable bonds is 4. The Morgan fingerprint density at radius 2 is 1.58 bits per heavy atom. The fourth-order valence-corrected chi connectivity index (χ4v) is 2.70. The van der Waals surface area contributed by atoms with E-state index in [-0.39, 0.29) is 0 Å². The SMILES string of the molecule is CC(C)(C)CCCN1CCN(c2ccccc2)CC1. The Bertz CT molecular complexity index is 359. The minimum Gasteiger partial charge on any atom is -0.369 e. The van der Waals surface area contributed by atoms with Gasteiger partial charge in [0.15, 0.2) is 0 Å². The van der Waals surface area contributed by atoms with Crippen molar-refractivity contribution in [1.82, 2.24) is 4.90 Å². The number of benzene rings is 1. The van der Waals surface area contributed by atoms with Crippen LogP contribution in [0.25, 0.3) is 0 Å². The molecule has 1 aromatic rings. The molecule has 1 heterocycles. The van der Waals surface area contributed by atoms with Crippen LogP contribution in [0.5, 0.6) is 0 Å². The standard InChI is InChI=1S/C17H28N2/c1-17(2,3)10-7-11-18-12-14-19(15-13-18)16-8-5-4-6-9-16/h4-6,8-9H,7,10-15H2,1-3H3. The third kappa shape index (κ3) is 4.87. The summed E-state index contributed by atoms with van der Waals surface area (Å²) < 4.78 is 0. The number of piperazine rings is 1. The summed E-state index contributed by atoms with van der Waals surface area (Å²) in [6.07, 6.45) is 2.65. The van der Waals surface area contributed by atoms with Gasteiger partial charge in [0, 0.05) is 31.9 Å². The van der Waals surface area contributed by atoms with Crippen molar-refractivity contribution in [2.75, 3.05) is 37.6 Å². The molecule has 0 unspecified atom stereocenters. The van der Waals surface area contributed by atoms with Crippen LogP contribution in [0.15, 0.2) is 30.3 Å². The Morgan fingerprint density at radius 1 is 0.947 bits per heavy atom. The highest BCUT2D eigenvalue weighted by Crippen LogP contribution is 2.21. The average Bonchev–Trinajstić information content (AvgIpc) is 2.39. The van der Waals surface area contributed by atoms with E-state index in [1.165, 1.54) is 51.3 Å². The number of hydrogen-bond acceptors (Lipinski definition) is 2. The second-order valence-electron chi connectivity index (χ2n) is 6.83. The first kappa shape index (κ1) is 14.4. The molecule has 0 atom stereocenters. The molecule has 2 heteroatoms. The molecule has 0 radical (unpaired) electrons. The fraction of sp³-hybridized carbons (Fsp3) is 0.647. The minimum absolute atomic E-state index is 0.478. The fourth-order valence-electron chi connectivity index (χ4n) is 2.70. The van der Waals surface area contributed by atoms with Crippen LogP contribution in [-0.4, -0.2) is 37.6 Å². The largest absolute Gasteiger partial charge is 0.369 e. The van der Waals surface area contributed by atoms with Gasteiger partial charge in [0.25, 0.3) is 0 Å². The van der Waals surface area contributed by atoms with Crippen molar-refractivity contribution in [3.05, 3.63) is 30.3 Å². The van der Waals surface area contributed by atoms with E-state index in [4.69, 9.17) is 0 Å². The molecular weight excluding hydrogens is 232 g/mol. The number of para-hydroxylation sites is 1. The maximum atomic E-state index is 2.62. The third-order valence-electron chi connectivity index (χ3n) is 3.89. The van der Waals surface area contributed by atoms with E-state index in [1.807, 2.05) is 0 Å². The molecule has 0 aromatic heterocycles. The van der Waals surface area contributed by atoms with Gasteiger partial charge in [-0.25, -0.2) is 0 Å². The van der Waals surface area contributed by atoms with Gasteiger partial charge in [-0.2, -0.15) is 0 Å². The van der Waals surface area contributed by atoms with E-state index >= 15 is 0 Å². The first-order valence-corrected chi connectivity index (χ1v) is 7.57. The summed E-state index contributed by atoms with van der Waals surface area (Å²) in [6, 6.07) is 10.8.